The quantitative estimate of drug-likeness (QED) is 0.772. The summed E-state index contributed by atoms with van der Waals surface area (Å²) in [6, 6.07) is 7.96. The van der Waals surface area contributed by atoms with Crippen molar-refractivity contribution in [2.24, 2.45) is 0 Å². The van der Waals surface area contributed by atoms with E-state index in [0.29, 0.717) is 0 Å². The zero-order valence-electron chi connectivity index (χ0n) is 15.1. The summed E-state index contributed by atoms with van der Waals surface area (Å²) in [5, 5.41) is 0. The van der Waals surface area contributed by atoms with Crippen molar-refractivity contribution >= 4 is 23.2 Å². The third-order valence-electron chi connectivity index (χ3n) is 4.58. The van der Waals surface area contributed by atoms with Gasteiger partial charge in [-0.3, -0.25) is 9.59 Å². The van der Waals surface area contributed by atoms with Gasteiger partial charge in [-0.2, -0.15) is 0 Å². The molecule has 24 heavy (non-hydrogen) atoms. The first-order valence-corrected chi connectivity index (χ1v) is 8.90. The van der Waals surface area contributed by atoms with E-state index < -0.39 is 0 Å². The first-order valence-electron chi connectivity index (χ1n) is 8.90. The Balaban J connectivity index is 2.04. The van der Waals surface area contributed by atoms with E-state index in [2.05, 4.69) is 11.8 Å². The van der Waals surface area contributed by atoms with E-state index in [9.17, 15) is 9.59 Å². The zero-order chi connectivity index (χ0) is 17.5. The van der Waals surface area contributed by atoms with Crippen LogP contribution >= 0.6 is 0 Å². The number of carbonyl (C=O) groups is 2. The average molecular weight is 331 g/mol. The molecule has 1 aromatic carbocycles. The van der Waals surface area contributed by atoms with Crippen LogP contribution in [0.2, 0.25) is 0 Å². The minimum atomic E-state index is -0.110. The minimum absolute atomic E-state index is 0.0257. The van der Waals surface area contributed by atoms with Crippen molar-refractivity contribution in [1.82, 2.24) is 4.90 Å². The first-order chi connectivity index (χ1) is 11.5. The third-order valence-corrected chi connectivity index (χ3v) is 4.58. The van der Waals surface area contributed by atoms with Gasteiger partial charge in [-0.05, 0) is 43.5 Å². The summed E-state index contributed by atoms with van der Waals surface area (Å²) in [6.45, 7) is 6.62. The van der Waals surface area contributed by atoms with Crippen molar-refractivity contribution in [1.29, 1.82) is 0 Å². The second-order valence-corrected chi connectivity index (χ2v) is 6.48. The molecule has 2 amide bonds. The highest BCUT2D eigenvalue weighted by Gasteiger charge is 2.19. The molecule has 1 heterocycles. The fraction of sp³-hybridized carbons (Fsp3) is 0.579. The van der Waals surface area contributed by atoms with Gasteiger partial charge in [-0.1, -0.05) is 13.3 Å². The Hall–Kier alpha value is -2.04. The maximum atomic E-state index is 12.3. The van der Waals surface area contributed by atoms with Crippen LogP contribution in [0.3, 0.4) is 0 Å². The zero-order valence-corrected chi connectivity index (χ0v) is 15.1. The Labute approximate surface area is 145 Å². The Kier molecular flexibility index (Phi) is 6.64. The SMILES string of the molecule is CCCCN(C)C(=O)CN(C(C)=O)c1ccc(N2CCCC2)cc1. The van der Waals surface area contributed by atoms with Gasteiger partial charge in [0.2, 0.25) is 11.8 Å². The lowest BCUT2D eigenvalue weighted by atomic mass is 10.2. The van der Waals surface area contributed by atoms with Crippen molar-refractivity contribution in [3.8, 4) is 0 Å². The fourth-order valence-corrected chi connectivity index (χ4v) is 2.98. The maximum Gasteiger partial charge on any atom is 0.242 e. The molecule has 1 saturated heterocycles. The van der Waals surface area contributed by atoms with Gasteiger partial charge in [0.05, 0.1) is 0 Å². The summed E-state index contributed by atoms with van der Waals surface area (Å²) < 4.78 is 0. The van der Waals surface area contributed by atoms with Gasteiger partial charge in [0.15, 0.2) is 0 Å². The monoisotopic (exact) mass is 331 g/mol. The van der Waals surface area contributed by atoms with Crippen molar-refractivity contribution in [3.05, 3.63) is 24.3 Å². The number of hydrogen-bond donors (Lipinski definition) is 0. The van der Waals surface area contributed by atoms with Crippen LogP contribution in [-0.2, 0) is 9.59 Å². The van der Waals surface area contributed by atoms with Gasteiger partial charge in [0.25, 0.3) is 0 Å². The number of likely N-dealkylation sites (N-methyl/N-ethyl adjacent to an activating group) is 1. The highest BCUT2D eigenvalue weighted by molar-refractivity contribution is 5.97. The average Bonchev–Trinajstić information content (AvgIpc) is 3.11. The molecule has 0 bridgehead atoms. The number of carbonyl (C=O) groups excluding carboxylic acids is 2. The van der Waals surface area contributed by atoms with E-state index in [-0.39, 0.29) is 18.4 Å². The fourth-order valence-electron chi connectivity index (χ4n) is 2.98. The molecule has 0 atom stereocenters. The number of amides is 2. The molecule has 0 unspecified atom stereocenters. The maximum absolute atomic E-state index is 12.3. The van der Waals surface area contributed by atoms with Gasteiger partial charge in [0.1, 0.15) is 6.54 Å². The van der Waals surface area contributed by atoms with Crippen LogP contribution in [0.5, 0.6) is 0 Å². The second kappa shape index (κ2) is 8.71. The van der Waals surface area contributed by atoms with Crippen LogP contribution < -0.4 is 9.80 Å². The molecule has 0 saturated carbocycles. The number of benzene rings is 1. The predicted molar refractivity (Wildman–Crippen MR) is 98.5 cm³/mol. The lowest BCUT2D eigenvalue weighted by Gasteiger charge is -2.25. The van der Waals surface area contributed by atoms with E-state index in [4.69, 9.17) is 0 Å². The van der Waals surface area contributed by atoms with Gasteiger partial charge in [0, 0.05) is 45.0 Å². The molecule has 2 rings (SSSR count). The number of nitrogens with zero attached hydrogens (tertiary/aromatic N) is 3. The molecule has 132 valence electrons. The van der Waals surface area contributed by atoms with Gasteiger partial charge < -0.3 is 14.7 Å². The van der Waals surface area contributed by atoms with E-state index in [1.54, 1.807) is 16.8 Å². The number of hydrogen-bond acceptors (Lipinski definition) is 3. The molecule has 1 fully saturated rings. The van der Waals surface area contributed by atoms with Crippen molar-refractivity contribution in [2.75, 3.05) is 43.0 Å². The molecular weight excluding hydrogens is 302 g/mol. The van der Waals surface area contributed by atoms with Crippen LogP contribution in [0, 0.1) is 0 Å². The second-order valence-electron chi connectivity index (χ2n) is 6.48. The Morgan fingerprint density at radius 2 is 1.75 bits per heavy atom. The Morgan fingerprint density at radius 3 is 2.29 bits per heavy atom. The summed E-state index contributed by atoms with van der Waals surface area (Å²) >= 11 is 0. The van der Waals surface area contributed by atoms with Crippen LogP contribution in [0.4, 0.5) is 11.4 Å². The molecule has 0 aromatic heterocycles. The molecule has 0 aliphatic carbocycles. The highest BCUT2D eigenvalue weighted by atomic mass is 16.2. The van der Waals surface area contributed by atoms with Gasteiger partial charge >= 0.3 is 0 Å². The predicted octanol–water partition coefficient (Wildman–Crippen LogP) is 2.90. The summed E-state index contributed by atoms with van der Waals surface area (Å²) in [6.07, 6.45) is 4.50. The van der Waals surface area contributed by atoms with Gasteiger partial charge in [-0.25, -0.2) is 0 Å². The van der Waals surface area contributed by atoms with Gasteiger partial charge in [-0.15, -0.1) is 0 Å². The van der Waals surface area contributed by atoms with Crippen LogP contribution in [0.25, 0.3) is 0 Å². The molecule has 5 heteroatoms. The van der Waals surface area contributed by atoms with E-state index in [0.717, 1.165) is 38.2 Å². The van der Waals surface area contributed by atoms with E-state index >= 15 is 0 Å². The summed E-state index contributed by atoms with van der Waals surface area (Å²) in [5.74, 6) is -0.136. The van der Waals surface area contributed by atoms with E-state index in [1.807, 2.05) is 24.3 Å². The third kappa shape index (κ3) is 4.73. The number of unbranched alkanes of at least 4 members (excludes halogenated alkanes) is 1. The summed E-state index contributed by atoms with van der Waals surface area (Å²) in [7, 11) is 1.80. The standard InChI is InChI=1S/C19H29N3O2/c1-4-5-12-20(3)19(24)15-22(16(2)23)18-10-8-17(9-11-18)21-13-6-7-14-21/h8-11H,4-7,12-15H2,1-3H3. The normalized spacial score (nSPS) is 13.9. The number of rotatable bonds is 7. The molecule has 0 spiro atoms. The van der Waals surface area contributed by atoms with Crippen LogP contribution in [-0.4, -0.2) is 49.9 Å². The Bertz CT molecular complexity index is 550. The largest absolute Gasteiger partial charge is 0.372 e. The molecular formula is C19H29N3O2. The summed E-state index contributed by atoms with van der Waals surface area (Å²) in [5.41, 5.74) is 1.97. The Morgan fingerprint density at radius 1 is 1.12 bits per heavy atom. The van der Waals surface area contributed by atoms with Crippen molar-refractivity contribution in [3.63, 3.8) is 0 Å². The molecule has 1 aromatic rings. The van der Waals surface area contributed by atoms with Crippen LogP contribution in [0.1, 0.15) is 39.5 Å². The molecule has 1 aliphatic heterocycles. The topological polar surface area (TPSA) is 43.9 Å². The molecule has 0 N–H and O–H groups in total. The first kappa shape index (κ1) is 18.3. The minimum Gasteiger partial charge on any atom is -0.372 e. The van der Waals surface area contributed by atoms with Crippen LogP contribution in [0.15, 0.2) is 24.3 Å². The number of anilines is 2. The van der Waals surface area contributed by atoms with Crippen molar-refractivity contribution < 1.29 is 9.59 Å². The molecule has 5 nitrogen and oxygen atoms in total. The van der Waals surface area contributed by atoms with Crippen molar-refractivity contribution in [2.45, 2.75) is 39.5 Å². The highest BCUT2D eigenvalue weighted by Crippen LogP contribution is 2.24. The molecule has 0 radical (unpaired) electrons. The van der Waals surface area contributed by atoms with E-state index in [1.165, 1.54) is 25.5 Å². The smallest absolute Gasteiger partial charge is 0.242 e. The lowest BCUT2D eigenvalue weighted by molar-refractivity contribution is -0.130. The summed E-state index contributed by atoms with van der Waals surface area (Å²) in [4.78, 5) is 30.0. The lowest BCUT2D eigenvalue weighted by Crippen LogP contribution is -2.41. The molecule has 1 aliphatic rings.